The number of nitrogens with zero attached hydrogens (tertiary/aromatic N) is 1. The van der Waals surface area contributed by atoms with Gasteiger partial charge in [0.2, 0.25) is 0 Å². The molecule has 5 nitrogen and oxygen atoms in total. The van der Waals surface area contributed by atoms with Crippen molar-refractivity contribution >= 4 is 16.9 Å². The summed E-state index contributed by atoms with van der Waals surface area (Å²) in [5, 5.41) is 19.8. The predicted molar refractivity (Wildman–Crippen MR) is 91.0 cm³/mol. The zero-order valence-electron chi connectivity index (χ0n) is 13.0. The van der Waals surface area contributed by atoms with Gasteiger partial charge in [-0.1, -0.05) is 5.92 Å². The van der Waals surface area contributed by atoms with E-state index in [4.69, 9.17) is 16.3 Å². The third-order valence-corrected chi connectivity index (χ3v) is 3.73. The summed E-state index contributed by atoms with van der Waals surface area (Å²) in [5.74, 6) is 1.86. The Kier molecular flexibility index (Phi) is 3.88. The molecule has 0 atom stereocenters. The molecule has 0 aliphatic carbocycles. The average molecular weight is 321 g/mol. The van der Waals surface area contributed by atoms with Gasteiger partial charge in [0.25, 0.3) is 0 Å². The van der Waals surface area contributed by atoms with Crippen molar-refractivity contribution in [3.63, 3.8) is 0 Å². The molecule has 0 unspecified atom stereocenters. The standard InChI is InChI=1S/C19H15NO4/c1-3-12-11-20(13-5-7-16(19(22)23)18(21)9-13)17-10-14(24-4-2)6-8-15(12)17/h1,5-11,21H,4H2,2H3,(H,22,23). The van der Waals surface area contributed by atoms with Crippen molar-refractivity contribution in [2.75, 3.05) is 6.61 Å². The summed E-state index contributed by atoms with van der Waals surface area (Å²) in [7, 11) is 0. The maximum absolute atomic E-state index is 11.0. The highest BCUT2D eigenvalue weighted by Crippen LogP contribution is 2.30. The van der Waals surface area contributed by atoms with E-state index in [1.807, 2.05) is 25.1 Å². The lowest BCUT2D eigenvalue weighted by Gasteiger charge is -2.09. The second-order valence-electron chi connectivity index (χ2n) is 5.18. The summed E-state index contributed by atoms with van der Waals surface area (Å²) in [6, 6.07) is 9.98. The van der Waals surface area contributed by atoms with E-state index in [0.29, 0.717) is 23.6 Å². The molecule has 0 amide bonds. The van der Waals surface area contributed by atoms with E-state index >= 15 is 0 Å². The van der Waals surface area contributed by atoms with Crippen LogP contribution in [-0.2, 0) is 0 Å². The first-order valence-corrected chi connectivity index (χ1v) is 7.36. The quantitative estimate of drug-likeness (QED) is 0.722. The molecule has 0 spiro atoms. The van der Waals surface area contributed by atoms with E-state index in [1.165, 1.54) is 12.1 Å². The number of benzene rings is 2. The summed E-state index contributed by atoms with van der Waals surface area (Å²) in [6.07, 6.45) is 7.35. The Morgan fingerprint density at radius 1 is 1.29 bits per heavy atom. The molecule has 2 N–H and O–H groups in total. The van der Waals surface area contributed by atoms with Gasteiger partial charge in [-0.25, -0.2) is 4.79 Å². The number of ether oxygens (including phenoxy) is 1. The number of hydrogen-bond donors (Lipinski definition) is 2. The van der Waals surface area contributed by atoms with Gasteiger partial charge >= 0.3 is 5.97 Å². The van der Waals surface area contributed by atoms with Crippen LogP contribution in [0.2, 0.25) is 0 Å². The smallest absolute Gasteiger partial charge is 0.339 e. The van der Waals surface area contributed by atoms with Gasteiger partial charge in [0.05, 0.1) is 17.7 Å². The number of carboxylic acids is 1. The molecule has 3 aromatic rings. The molecule has 0 aliphatic rings. The number of aromatic nitrogens is 1. The Morgan fingerprint density at radius 3 is 2.71 bits per heavy atom. The van der Waals surface area contributed by atoms with E-state index in [-0.39, 0.29) is 11.3 Å². The highest BCUT2D eigenvalue weighted by molar-refractivity contribution is 5.92. The predicted octanol–water partition coefficient (Wildman–Crippen LogP) is 3.41. The van der Waals surface area contributed by atoms with Gasteiger partial charge in [-0.05, 0) is 31.2 Å². The lowest BCUT2D eigenvalue weighted by Crippen LogP contribution is -1.99. The zero-order chi connectivity index (χ0) is 17.3. The summed E-state index contributed by atoms with van der Waals surface area (Å²) in [4.78, 5) is 11.0. The van der Waals surface area contributed by atoms with E-state index < -0.39 is 5.97 Å². The summed E-state index contributed by atoms with van der Waals surface area (Å²) in [6.45, 7) is 2.45. The Hall–Kier alpha value is -3.39. The van der Waals surface area contributed by atoms with Crippen LogP contribution in [0, 0.1) is 12.3 Å². The van der Waals surface area contributed by atoms with E-state index in [0.717, 1.165) is 10.9 Å². The maximum Gasteiger partial charge on any atom is 0.339 e. The number of carboxylic acid groups (broad SMARTS) is 1. The molecule has 0 aliphatic heterocycles. The van der Waals surface area contributed by atoms with Gasteiger partial charge in [-0.15, -0.1) is 6.42 Å². The van der Waals surface area contributed by atoms with Gasteiger partial charge in [0.15, 0.2) is 0 Å². The van der Waals surface area contributed by atoms with Crippen LogP contribution >= 0.6 is 0 Å². The van der Waals surface area contributed by atoms with Crippen LogP contribution in [-0.4, -0.2) is 27.4 Å². The van der Waals surface area contributed by atoms with E-state index in [9.17, 15) is 9.90 Å². The largest absolute Gasteiger partial charge is 0.507 e. The lowest BCUT2D eigenvalue weighted by molar-refractivity contribution is 0.0694. The van der Waals surface area contributed by atoms with Crippen LogP contribution in [0.3, 0.4) is 0 Å². The molecule has 0 bridgehead atoms. The Balaban J connectivity index is 2.21. The van der Waals surface area contributed by atoms with Crippen molar-refractivity contribution in [1.29, 1.82) is 0 Å². The lowest BCUT2D eigenvalue weighted by atomic mass is 10.1. The van der Waals surface area contributed by atoms with Gasteiger partial charge < -0.3 is 19.5 Å². The fourth-order valence-electron chi connectivity index (χ4n) is 2.64. The van der Waals surface area contributed by atoms with Crippen LogP contribution in [0.25, 0.3) is 16.6 Å². The highest BCUT2D eigenvalue weighted by atomic mass is 16.5. The molecular weight excluding hydrogens is 306 g/mol. The number of aromatic hydroxyl groups is 1. The van der Waals surface area contributed by atoms with Crippen molar-refractivity contribution in [3.8, 4) is 29.5 Å². The molecule has 0 fully saturated rings. The number of aromatic carboxylic acids is 1. The molecule has 3 rings (SSSR count). The van der Waals surface area contributed by atoms with Gasteiger partial charge in [0.1, 0.15) is 17.1 Å². The molecule has 2 aromatic carbocycles. The molecule has 1 heterocycles. The molecule has 5 heteroatoms. The topological polar surface area (TPSA) is 71.7 Å². The SMILES string of the molecule is C#Cc1cn(-c2ccc(C(=O)O)c(O)c2)c2cc(OCC)ccc12. The third kappa shape index (κ3) is 2.55. The first-order valence-electron chi connectivity index (χ1n) is 7.36. The first kappa shape index (κ1) is 15.5. The van der Waals surface area contributed by atoms with Crippen LogP contribution in [0.5, 0.6) is 11.5 Å². The molecule has 120 valence electrons. The number of carbonyl (C=O) groups is 1. The number of phenols is 1. The maximum atomic E-state index is 11.0. The Labute approximate surface area is 138 Å². The molecule has 0 saturated heterocycles. The highest BCUT2D eigenvalue weighted by Gasteiger charge is 2.14. The van der Waals surface area contributed by atoms with Crippen LogP contribution in [0.15, 0.2) is 42.6 Å². The van der Waals surface area contributed by atoms with Gasteiger partial charge in [-0.3, -0.25) is 0 Å². The number of rotatable bonds is 4. The minimum atomic E-state index is -1.18. The van der Waals surface area contributed by atoms with E-state index in [2.05, 4.69) is 5.92 Å². The van der Waals surface area contributed by atoms with Crippen molar-refractivity contribution in [1.82, 2.24) is 4.57 Å². The summed E-state index contributed by atoms with van der Waals surface area (Å²) < 4.78 is 7.33. The third-order valence-electron chi connectivity index (χ3n) is 3.73. The first-order chi connectivity index (χ1) is 11.5. The van der Waals surface area contributed by atoms with Crippen LogP contribution in [0.4, 0.5) is 0 Å². The fraction of sp³-hybridized carbons (Fsp3) is 0.105. The summed E-state index contributed by atoms with van der Waals surface area (Å²) >= 11 is 0. The number of terminal acetylenes is 1. The van der Waals surface area contributed by atoms with Crippen molar-refractivity contribution in [2.45, 2.75) is 6.92 Å². The van der Waals surface area contributed by atoms with Crippen LogP contribution < -0.4 is 4.74 Å². The average Bonchev–Trinajstić information content (AvgIpc) is 2.92. The minimum Gasteiger partial charge on any atom is -0.507 e. The molecule has 24 heavy (non-hydrogen) atoms. The fourth-order valence-corrected chi connectivity index (χ4v) is 2.64. The van der Waals surface area contributed by atoms with Crippen molar-refractivity contribution in [2.24, 2.45) is 0 Å². The molecular formula is C19H15NO4. The zero-order valence-corrected chi connectivity index (χ0v) is 13.0. The molecule has 1 aromatic heterocycles. The van der Waals surface area contributed by atoms with Gasteiger partial charge in [0, 0.05) is 29.4 Å². The second-order valence-corrected chi connectivity index (χ2v) is 5.18. The minimum absolute atomic E-state index is 0.151. The van der Waals surface area contributed by atoms with E-state index in [1.54, 1.807) is 16.8 Å². The molecule has 0 saturated carbocycles. The van der Waals surface area contributed by atoms with Crippen LogP contribution in [0.1, 0.15) is 22.8 Å². The normalized spacial score (nSPS) is 10.5. The van der Waals surface area contributed by atoms with Crippen molar-refractivity contribution in [3.05, 3.63) is 53.7 Å². The number of fused-ring (bicyclic) bond motifs is 1. The van der Waals surface area contributed by atoms with Gasteiger partial charge in [-0.2, -0.15) is 0 Å². The van der Waals surface area contributed by atoms with Crippen molar-refractivity contribution < 1.29 is 19.7 Å². The monoisotopic (exact) mass is 321 g/mol. The second kappa shape index (κ2) is 6.01. The number of hydrogen-bond acceptors (Lipinski definition) is 3. The molecule has 0 radical (unpaired) electrons. The Morgan fingerprint density at radius 2 is 2.08 bits per heavy atom. The Bertz CT molecular complexity index is 979. The summed E-state index contributed by atoms with van der Waals surface area (Å²) in [5.41, 5.74) is 1.98.